The first kappa shape index (κ1) is 45.8. The lowest BCUT2D eigenvalue weighted by Gasteiger charge is -2.31. The van der Waals surface area contributed by atoms with Crippen LogP contribution < -0.4 is 14.0 Å². The van der Waals surface area contributed by atoms with E-state index in [-0.39, 0.29) is 25.1 Å². The zero-order valence-corrected chi connectivity index (χ0v) is 32.6. The van der Waals surface area contributed by atoms with Gasteiger partial charge in [-0.2, -0.15) is 0 Å². The van der Waals surface area contributed by atoms with Crippen LogP contribution in [0.5, 0.6) is 0 Å². The zero-order valence-electron chi connectivity index (χ0n) is 30.9. The van der Waals surface area contributed by atoms with Gasteiger partial charge in [-0.3, -0.25) is 4.57 Å². The van der Waals surface area contributed by atoms with E-state index in [0.717, 1.165) is 58.2 Å². The highest BCUT2D eigenvalue weighted by atomic mass is 32.2. The summed E-state index contributed by atoms with van der Waals surface area (Å²) in [5.41, 5.74) is 0. The number of imidazole rings is 2. The lowest BCUT2D eigenvalue weighted by Crippen LogP contribution is -2.42. The van der Waals surface area contributed by atoms with Gasteiger partial charge in [-0.05, 0) is 32.1 Å². The highest BCUT2D eigenvalue weighted by molar-refractivity contribution is 7.85. The van der Waals surface area contributed by atoms with Gasteiger partial charge in [0.15, 0.2) is 0 Å². The maximum Gasteiger partial charge on any atom is 0.267 e. The van der Waals surface area contributed by atoms with E-state index >= 15 is 0 Å². The molecule has 48 heavy (non-hydrogen) atoms. The van der Waals surface area contributed by atoms with Crippen LogP contribution in [0.1, 0.15) is 98.8 Å². The predicted molar refractivity (Wildman–Crippen MR) is 187 cm³/mol. The average Bonchev–Trinajstić information content (AvgIpc) is 3.74. The molecule has 0 bridgehead atoms. The van der Waals surface area contributed by atoms with Gasteiger partial charge >= 0.3 is 0 Å². The molecule has 2 aromatic heterocycles. The van der Waals surface area contributed by atoms with Crippen LogP contribution in [-0.2, 0) is 50.9 Å². The second-order valence-corrected chi connectivity index (χ2v) is 14.8. The fourth-order valence-electron chi connectivity index (χ4n) is 4.21. The first-order chi connectivity index (χ1) is 22.7. The lowest BCUT2D eigenvalue weighted by molar-refractivity contribution is -0.671. The number of hydrogen-bond donors (Lipinski definition) is 0. The molecule has 1 unspecified atom stereocenters. The minimum absolute atomic E-state index is 0.226. The minimum Gasteiger partial charge on any atom is -0.756 e. The Morgan fingerprint density at radius 1 is 0.729 bits per heavy atom. The summed E-state index contributed by atoms with van der Waals surface area (Å²) in [7, 11) is -2.31. The third kappa shape index (κ3) is 24.0. The Balaban J connectivity index is 0.000000622. The van der Waals surface area contributed by atoms with E-state index < -0.39 is 17.9 Å². The van der Waals surface area contributed by atoms with E-state index in [1.165, 1.54) is 25.7 Å². The zero-order chi connectivity index (χ0) is 36.4. The Labute approximate surface area is 291 Å². The minimum atomic E-state index is -4.17. The van der Waals surface area contributed by atoms with Crippen molar-refractivity contribution in [3.63, 3.8) is 0 Å². The molecule has 1 aliphatic rings. The van der Waals surface area contributed by atoms with E-state index in [2.05, 4.69) is 85.5 Å². The van der Waals surface area contributed by atoms with Gasteiger partial charge < -0.3 is 28.3 Å². The summed E-state index contributed by atoms with van der Waals surface area (Å²) in [6, 6.07) is 0. The summed E-state index contributed by atoms with van der Waals surface area (Å²) in [6.07, 6.45) is 26.3. The van der Waals surface area contributed by atoms with Crippen molar-refractivity contribution in [2.45, 2.75) is 118 Å². The number of phosphoric acid groups is 1. The highest BCUT2D eigenvalue weighted by Gasteiger charge is 2.24. The van der Waals surface area contributed by atoms with Crippen LogP contribution in [0.3, 0.4) is 0 Å². The third-order valence-corrected chi connectivity index (χ3v) is 8.86. The van der Waals surface area contributed by atoms with E-state index in [1.807, 2.05) is 39.0 Å². The van der Waals surface area contributed by atoms with Crippen LogP contribution in [0.25, 0.3) is 0 Å². The van der Waals surface area contributed by atoms with Gasteiger partial charge in [-0.15, -0.1) is 0 Å². The standard InChI is InChI=1S/C9H18N2O3S.2C8H15N2.C8H19O4P/c1-3-4-5-11-7-6-10(2)9(11)8-15(12,13)14;2*1-3-4-5-10-7-6-9(2)8-10;1-3-5-7-11-13(9,10)12-8-6-4-2/h6-7,9H,3-5,8H2,1-2H3,(H,12,13,14);2*6-8H,3-5H2,1-2H3;3-8H2,1-2H3,(H,9,10)/q;2*+1;/p-2. The Morgan fingerprint density at radius 2 is 1.15 bits per heavy atom. The second-order valence-electron chi connectivity index (χ2n) is 11.9. The Bertz CT molecular complexity index is 1200. The van der Waals surface area contributed by atoms with Gasteiger partial charge in [0.25, 0.3) is 7.82 Å². The monoisotopic (exact) mass is 720 g/mol. The van der Waals surface area contributed by atoms with E-state index in [4.69, 9.17) is 0 Å². The normalized spacial score (nSPS) is 14.2. The van der Waals surface area contributed by atoms with Crippen molar-refractivity contribution in [1.82, 2.24) is 18.9 Å². The maximum absolute atomic E-state index is 11.0. The molecular formula is C33H65N6O7PS. The summed E-state index contributed by atoms with van der Waals surface area (Å²) in [5, 5.41) is 0. The van der Waals surface area contributed by atoms with Gasteiger partial charge in [0.05, 0.1) is 56.3 Å². The van der Waals surface area contributed by atoms with Crippen LogP contribution in [0.15, 0.2) is 49.8 Å². The van der Waals surface area contributed by atoms with Crippen molar-refractivity contribution in [1.29, 1.82) is 0 Å². The molecule has 0 saturated heterocycles. The maximum atomic E-state index is 11.0. The fraction of sp³-hybridized carbons (Fsp3) is 0.758. The van der Waals surface area contributed by atoms with Crippen LogP contribution in [0.4, 0.5) is 0 Å². The molecule has 0 spiro atoms. The molecule has 3 rings (SSSR count). The van der Waals surface area contributed by atoms with Gasteiger partial charge in [0, 0.05) is 26.0 Å². The van der Waals surface area contributed by atoms with Crippen molar-refractivity contribution in [3.8, 4) is 0 Å². The molecule has 0 aromatic carbocycles. The van der Waals surface area contributed by atoms with Gasteiger partial charge in [0.1, 0.15) is 31.0 Å². The molecule has 1 atom stereocenters. The van der Waals surface area contributed by atoms with E-state index in [9.17, 15) is 22.4 Å². The Morgan fingerprint density at radius 3 is 1.50 bits per heavy atom. The quantitative estimate of drug-likeness (QED) is 0.0876. The molecule has 0 radical (unpaired) electrons. The number of aromatic nitrogens is 4. The molecule has 0 fully saturated rings. The van der Waals surface area contributed by atoms with Gasteiger partial charge in [-0.1, -0.05) is 66.7 Å². The molecule has 0 N–H and O–H groups in total. The molecule has 13 nitrogen and oxygen atoms in total. The summed E-state index contributed by atoms with van der Waals surface area (Å²) in [5.74, 6) is -0.361. The van der Waals surface area contributed by atoms with Crippen LogP contribution in [-0.4, -0.2) is 70.6 Å². The molecule has 0 amide bonds. The van der Waals surface area contributed by atoms with Gasteiger partial charge in [-0.25, -0.2) is 26.7 Å². The third-order valence-electron chi connectivity index (χ3n) is 7.15. The fourth-order valence-corrected chi connectivity index (χ4v) is 5.78. The summed E-state index contributed by atoms with van der Waals surface area (Å²) < 4.78 is 60.9. The molecule has 0 saturated carbocycles. The summed E-state index contributed by atoms with van der Waals surface area (Å²) >= 11 is 0. The number of nitrogens with zero attached hydrogens (tertiary/aromatic N) is 6. The highest BCUT2D eigenvalue weighted by Crippen LogP contribution is 2.38. The Kier molecular flexibility index (Phi) is 25.4. The summed E-state index contributed by atoms with van der Waals surface area (Å²) in [4.78, 5) is 14.6. The lowest BCUT2D eigenvalue weighted by atomic mass is 10.3. The molecule has 280 valence electrons. The first-order valence-electron chi connectivity index (χ1n) is 17.4. The van der Waals surface area contributed by atoms with Crippen molar-refractivity contribution >= 4 is 17.9 Å². The topological polar surface area (TPSA) is 140 Å². The van der Waals surface area contributed by atoms with E-state index in [1.54, 1.807) is 18.1 Å². The van der Waals surface area contributed by atoms with Gasteiger partial charge in [0.2, 0.25) is 12.7 Å². The van der Waals surface area contributed by atoms with Crippen LogP contribution in [0.2, 0.25) is 0 Å². The summed E-state index contributed by atoms with van der Waals surface area (Å²) in [6.45, 7) is 14.0. The molecular weight excluding hydrogens is 655 g/mol. The van der Waals surface area contributed by atoms with Crippen molar-refractivity contribution in [2.75, 3.05) is 32.6 Å². The molecule has 15 heteroatoms. The number of rotatable bonds is 19. The Hall–Kier alpha value is -2.22. The number of unbranched alkanes of at least 4 members (excludes halogenated alkanes) is 5. The van der Waals surface area contributed by atoms with Crippen molar-refractivity contribution in [2.24, 2.45) is 14.1 Å². The van der Waals surface area contributed by atoms with Crippen LogP contribution >= 0.6 is 7.82 Å². The second kappa shape index (κ2) is 26.6. The molecule has 1 aliphatic heterocycles. The number of phosphoric ester groups is 1. The smallest absolute Gasteiger partial charge is 0.267 e. The molecule has 3 heterocycles. The SMILES string of the molecule is CCCCN1C=CN(C)C1CS(=O)(=O)[O-].CCCCOP(=O)([O-])OCCCC.CCCCn1cc[n+](C)c1.CCCCn1cc[n+](C)c1. The van der Waals surface area contributed by atoms with Crippen LogP contribution in [0, 0.1) is 0 Å². The number of hydrogen-bond acceptors (Lipinski definition) is 9. The van der Waals surface area contributed by atoms with Crippen molar-refractivity contribution < 1.29 is 40.6 Å². The number of aryl methyl sites for hydroxylation is 4. The van der Waals surface area contributed by atoms with E-state index in [0.29, 0.717) is 0 Å². The molecule has 0 aliphatic carbocycles. The predicted octanol–water partition coefficient (Wildman–Crippen LogP) is 4.69. The average molecular weight is 721 g/mol. The van der Waals surface area contributed by atoms with Crippen molar-refractivity contribution in [3.05, 3.63) is 49.8 Å². The molecule has 2 aromatic rings. The largest absolute Gasteiger partial charge is 0.756 e. The first-order valence-corrected chi connectivity index (χ1v) is 20.5.